The Kier molecular flexibility index (Phi) is 9.84. The SMILES string of the molecule is Cc1cccc(C)c1C(ON)C1CCCCN1CCO.Cl.O. The van der Waals surface area contributed by atoms with Crippen LogP contribution in [0.3, 0.4) is 0 Å². The van der Waals surface area contributed by atoms with E-state index in [1.165, 1.54) is 29.5 Å². The van der Waals surface area contributed by atoms with Crippen molar-refractivity contribution in [1.82, 2.24) is 4.90 Å². The third-order valence-electron chi connectivity index (χ3n) is 4.37. The molecular weight excluding hydrogens is 304 g/mol. The number of rotatable bonds is 5. The molecule has 2 atom stereocenters. The smallest absolute Gasteiger partial charge is 0.120 e. The predicted octanol–water partition coefficient (Wildman–Crippen LogP) is 1.68. The van der Waals surface area contributed by atoms with E-state index in [0.29, 0.717) is 6.54 Å². The number of piperidine rings is 1. The fourth-order valence-corrected chi connectivity index (χ4v) is 3.39. The fourth-order valence-electron chi connectivity index (χ4n) is 3.39. The average molecular weight is 333 g/mol. The minimum atomic E-state index is -0.122. The second kappa shape index (κ2) is 10.2. The molecular formula is C16H29ClN2O3. The van der Waals surface area contributed by atoms with Crippen LogP contribution in [0, 0.1) is 13.8 Å². The van der Waals surface area contributed by atoms with Gasteiger partial charge in [0.15, 0.2) is 0 Å². The Morgan fingerprint density at radius 2 is 1.95 bits per heavy atom. The standard InChI is InChI=1S/C16H26N2O2.ClH.H2O/c1-12-6-5-7-13(2)15(12)16(20-17)14-8-3-4-9-18(14)10-11-19;;/h5-7,14,16,19H,3-4,8-11,17H2,1-2H3;1H;1H2. The second-order valence-electron chi connectivity index (χ2n) is 5.68. The van der Waals surface area contributed by atoms with Crippen molar-refractivity contribution >= 4 is 12.4 Å². The van der Waals surface area contributed by atoms with E-state index in [4.69, 9.17) is 10.7 Å². The van der Waals surface area contributed by atoms with Crippen LogP contribution < -0.4 is 5.90 Å². The van der Waals surface area contributed by atoms with E-state index >= 15 is 0 Å². The van der Waals surface area contributed by atoms with Crippen LogP contribution in [0.15, 0.2) is 18.2 Å². The van der Waals surface area contributed by atoms with Crippen molar-refractivity contribution in [2.75, 3.05) is 19.7 Å². The van der Waals surface area contributed by atoms with Gasteiger partial charge in [0.1, 0.15) is 6.10 Å². The van der Waals surface area contributed by atoms with Gasteiger partial charge in [0, 0.05) is 12.6 Å². The third-order valence-corrected chi connectivity index (χ3v) is 4.37. The van der Waals surface area contributed by atoms with Gasteiger partial charge in [-0.05, 0) is 49.9 Å². The van der Waals surface area contributed by atoms with Gasteiger partial charge >= 0.3 is 0 Å². The Hall–Kier alpha value is -0.690. The number of aliphatic hydroxyl groups is 1. The summed E-state index contributed by atoms with van der Waals surface area (Å²) >= 11 is 0. The minimum Gasteiger partial charge on any atom is -0.412 e. The molecule has 5 N–H and O–H groups in total. The summed E-state index contributed by atoms with van der Waals surface area (Å²) in [6.45, 7) is 6.09. The Bertz CT molecular complexity index is 423. The van der Waals surface area contributed by atoms with E-state index < -0.39 is 0 Å². The predicted molar refractivity (Wildman–Crippen MR) is 91.1 cm³/mol. The van der Waals surface area contributed by atoms with Gasteiger partial charge in [-0.15, -0.1) is 12.4 Å². The molecule has 2 rings (SSSR count). The molecule has 22 heavy (non-hydrogen) atoms. The Balaban J connectivity index is 0.00000220. The summed E-state index contributed by atoms with van der Waals surface area (Å²) in [6.07, 6.45) is 3.32. The highest BCUT2D eigenvalue weighted by Gasteiger charge is 2.32. The molecule has 2 unspecified atom stereocenters. The highest BCUT2D eigenvalue weighted by Crippen LogP contribution is 2.33. The molecule has 0 saturated carbocycles. The van der Waals surface area contributed by atoms with Crippen LogP contribution in [-0.4, -0.2) is 41.2 Å². The van der Waals surface area contributed by atoms with Crippen molar-refractivity contribution in [3.63, 3.8) is 0 Å². The second-order valence-corrected chi connectivity index (χ2v) is 5.68. The molecule has 6 heteroatoms. The third kappa shape index (κ3) is 4.65. The van der Waals surface area contributed by atoms with E-state index in [1.54, 1.807) is 0 Å². The average Bonchev–Trinajstić information content (AvgIpc) is 2.44. The highest BCUT2D eigenvalue weighted by molar-refractivity contribution is 5.85. The molecule has 0 aliphatic carbocycles. The van der Waals surface area contributed by atoms with E-state index in [-0.39, 0.29) is 36.6 Å². The number of benzene rings is 1. The number of nitrogens with zero attached hydrogens (tertiary/aromatic N) is 1. The van der Waals surface area contributed by atoms with Gasteiger partial charge in [-0.2, -0.15) is 0 Å². The number of aryl methyl sites for hydroxylation is 2. The monoisotopic (exact) mass is 332 g/mol. The molecule has 5 nitrogen and oxygen atoms in total. The zero-order chi connectivity index (χ0) is 14.5. The van der Waals surface area contributed by atoms with Crippen LogP contribution in [0.25, 0.3) is 0 Å². The Labute approximate surface area is 139 Å². The normalized spacial score (nSPS) is 19.9. The summed E-state index contributed by atoms with van der Waals surface area (Å²) in [6, 6.07) is 6.52. The van der Waals surface area contributed by atoms with Crippen LogP contribution in [0.2, 0.25) is 0 Å². The van der Waals surface area contributed by atoms with Gasteiger partial charge in [-0.25, -0.2) is 5.90 Å². The maximum Gasteiger partial charge on any atom is 0.120 e. The van der Waals surface area contributed by atoms with E-state index in [2.05, 4.69) is 36.9 Å². The highest BCUT2D eigenvalue weighted by atomic mass is 35.5. The van der Waals surface area contributed by atoms with Gasteiger partial charge in [0.2, 0.25) is 0 Å². The molecule has 1 heterocycles. The number of hydrogen-bond acceptors (Lipinski definition) is 4. The lowest BCUT2D eigenvalue weighted by atomic mass is 9.88. The Morgan fingerprint density at radius 3 is 2.50 bits per heavy atom. The van der Waals surface area contributed by atoms with Gasteiger partial charge in [-0.1, -0.05) is 24.6 Å². The van der Waals surface area contributed by atoms with E-state index in [9.17, 15) is 5.11 Å². The van der Waals surface area contributed by atoms with Gasteiger partial charge in [-0.3, -0.25) is 9.74 Å². The number of hydrogen-bond donors (Lipinski definition) is 2. The number of likely N-dealkylation sites (tertiary alicyclic amines) is 1. The molecule has 1 aliphatic heterocycles. The number of aliphatic hydroxyl groups excluding tert-OH is 1. The first-order valence-corrected chi connectivity index (χ1v) is 7.45. The van der Waals surface area contributed by atoms with Crippen molar-refractivity contribution < 1.29 is 15.4 Å². The summed E-state index contributed by atoms with van der Waals surface area (Å²) in [4.78, 5) is 7.70. The maximum atomic E-state index is 9.26. The van der Waals surface area contributed by atoms with E-state index in [1.807, 2.05) is 0 Å². The molecule has 0 aromatic heterocycles. The van der Waals surface area contributed by atoms with Gasteiger partial charge in [0.05, 0.1) is 6.61 Å². The summed E-state index contributed by atoms with van der Waals surface area (Å²) in [7, 11) is 0. The zero-order valence-corrected chi connectivity index (χ0v) is 14.2. The Morgan fingerprint density at radius 1 is 1.32 bits per heavy atom. The summed E-state index contributed by atoms with van der Waals surface area (Å²) in [5, 5.41) is 9.26. The molecule has 0 radical (unpaired) electrons. The zero-order valence-electron chi connectivity index (χ0n) is 13.4. The van der Waals surface area contributed by atoms with Gasteiger partial charge in [0.25, 0.3) is 0 Å². The first-order chi connectivity index (χ1) is 9.69. The van der Waals surface area contributed by atoms with Crippen molar-refractivity contribution in [3.8, 4) is 0 Å². The van der Waals surface area contributed by atoms with E-state index in [0.717, 1.165) is 13.0 Å². The number of β-amino-alcohol motifs (C(OH)–C–C–N with tert-alkyl or cyclic N) is 1. The fraction of sp³-hybridized carbons (Fsp3) is 0.625. The molecule has 1 aromatic carbocycles. The van der Waals surface area contributed by atoms with Crippen LogP contribution >= 0.6 is 12.4 Å². The molecule has 0 bridgehead atoms. The number of halogens is 1. The van der Waals surface area contributed by atoms with Gasteiger partial charge < -0.3 is 10.6 Å². The summed E-state index contributed by atoms with van der Waals surface area (Å²) < 4.78 is 0. The molecule has 1 saturated heterocycles. The lowest BCUT2D eigenvalue weighted by Crippen LogP contribution is -2.46. The molecule has 0 amide bonds. The largest absolute Gasteiger partial charge is 0.412 e. The quantitative estimate of drug-likeness (QED) is 0.803. The lowest BCUT2D eigenvalue weighted by Gasteiger charge is -2.40. The van der Waals surface area contributed by atoms with Crippen LogP contribution in [0.5, 0.6) is 0 Å². The van der Waals surface area contributed by atoms with Crippen molar-refractivity contribution in [2.24, 2.45) is 5.90 Å². The molecule has 0 spiro atoms. The van der Waals surface area contributed by atoms with Crippen LogP contribution in [0.1, 0.15) is 42.1 Å². The van der Waals surface area contributed by atoms with Crippen LogP contribution in [-0.2, 0) is 4.84 Å². The van der Waals surface area contributed by atoms with Crippen molar-refractivity contribution in [2.45, 2.75) is 45.3 Å². The van der Waals surface area contributed by atoms with Crippen molar-refractivity contribution in [1.29, 1.82) is 0 Å². The summed E-state index contributed by atoms with van der Waals surface area (Å²) in [5.74, 6) is 5.64. The molecule has 1 fully saturated rings. The van der Waals surface area contributed by atoms with Crippen LogP contribution in [0.4, 0.5) is 0 Å². The number of nitrogens with two attached hydrogens (primary N) is 1. The minimum absolute atomic E-state index is 0. The molecule has 128 valence electrons. The lowest BCUT2D eigenvalue weighted by molar-refractivity contribution is -0.0366. The maximum absolute atomic E-state index is 9.26. The topological polar surface area (TPSA) is 90.2 Å². The molecule has 1 aliphatic rings. The van der Waals surface area contributed by atoms with Crippen molar-refractivity contribution in [3.05, 3.63) is 34.9 Å². The molecule has 1 aromatic rings. The first kappa shape index (κ1) is 21.3. The summed E-state index contributed by atoms with van der Waals surface area (Å²) in [5.41, 5.74) is 3.63. The first-order valence-electron chi connectivity index (χ1n) is 7.45.